The van der Waals surface area contributed by atoms with E-state index in [2.05, 4.69) is 30.6 Å². The average Bonchev–Trinajstić information content (AvgIpc) is 3.21. The number of nitrogens with zero attached hydrogens (tertiary/aromatic N) is 6. The quantitative estimate of drug-likeness (QED) is 0.396. The van der Waals surface area contributed by atoms with Crippen molar-refractivity contribution in [2.24, 2.45) is 0 Å². The smallest absolute Gasteiger partial charge is 0.255 e. The molecule has 4 heterocycles. The monoisotopic (exact) mass is 520 g/mol. The number of fused-ring (bicyclic) bond motifs is 1. The van der Waals surface area contributed by atoms with Gasteiger partial charge in [0.25, 0.3) is 5.91 Å². The van der Waals surface area contributed by atoms with Crippen molar-refractivity contribution in [1.82, 2.24) is 34.7 Å². The normalized spacial score (nSPS) is 17.8. The van der Waals surface area contributed by atoms with Crippen LogP contribution in [0.25, 0.3) is 22.3 Å². The molecule has 9 nitrogen and oxygen atoms in total. The molecule has 1 amide bonds. The highest BCUT2D eigenvalue weighted by molar-refractivity contribution is 5.94. The topological polar surface area (TPSA) is 101 Å². The summed E-state index contributed by atoms with van der Waals surface area (Å²) in [6, 6.07) is 6.70. The minimum Gasteiger partial charge on any atom is -0.335 e. The Morgan fingerprint density at radius 1 is 1.05 bits per heavy atom. The zero-order valence-electron chi connectivity index (χ0n) is 22.0. The summed E-state index contributed by atoms with van der Waals surface area (Å²) in [7, 11) is 0. The van der Waals surface area contributed by atoms with Crippen LogP contribution in [0.15, 0.2) is 36.7 Å². The minimum atomic E-state index is -0.685. The Kier molecular flexibility index (Phi) is 6.78. The van der Waals surface area contributed by atoms with Crippen LogP contribution < -0.4 is 10.6 Å². The Labute approximate surface area is 219 Å². The minimum absolute atomic E-state index is 0.0430. The van der Waals surface area contributed by atoms with Gasteiger partial charge in [0, 0.05) is 43.0 Å². The summed E-state index contributed by atoms with van der Waals surface area (Å²) in [6.45, 7) is 11.1. The van der Waals surface area contributed by atoms with Crippen molar-refractivity contribution in [2.45, 2.75) is 52.7 Å². The van der Waals surface area contributed by atoms with E-state index < -0.39 is 11.6 Å². The van der Waals surface area contributed by atoms with E-state index in [1.54, 1.807) is 18.2 Å². The summed E-state index contributed by atoms with van der Waals surface area (Å²) in [6.07, 6.45) is 2.52. The van der Waals surface area contributed by atoms with Crippen LogP contribution in [0.1, 0.15) is 49.9 Å². The lowest BCUT2D eigenvalue weighted by atomic mass is 10.1. The van der Waals surface area contributed by atoms with Gasteiger partial charge in [-0.25, -0.2) is 28.7 Å². The summed E-state index contributed by atoms with van der Waals surface area (Å²) in [5.74, 6) is -0.177. The number of anilines is 2. The van der Waals surface area contributed by atoms with Gasteiger partial charge in [-0.2, -0.15) is 0 Å². The summed E-state index contributed by atoms with van der Waals surface area (Å²) < 4.78 is 31.6. The van der Waals surface area contributed by atoms with Crippen molar-refractivity contribution in [3.63, 3.8) is 0 Å². The Morgan fingerprint density at radius 2 is 1.79 bits per heavy atom. The van der Waals surface area contributed by atoms with E-state index in [4.69, 9.17) is 0 Å². The summed E-state index contributed by atoms with van der Waals surface area (Å²) >= 11 is 0. The van der Waals surface area contributed by atoms with E-state index in [1.807, 2.05) is 44.1 Å². The molecule has 38 heavy (non-hydrogen) atoms. The number of imidazole rings is 1. The van der Waals surface area contributed by atoms with E-state index in [1.165, 1.54) is 12.3 Å². The van der Waals surface area contributed by atoms with Crippen LogP contribution in [0, 0.1) is 18.6 Å². The molecule has 3 aromatic heterocycles. The molecule has 0 aliphatic carbocycles. The third-order valence-corrected chi connectivity index (χ3v) is 6.55. The molecule has 2 N–H and O–H groups in total. The second kappa shape index (κ2) is 10.1. The van der Waals surface area contributed by atoms with Gasteiger partial charge in [-0.05, 0) is 58.9 Å². The van der Waals surface area contributed by atoms with Crippen molar-refractivity contribution in [3.05, 3.63) is 59.7 Å². The highest BCUT2D eigenvalue weighted by Crippen LogP contribution is 2.30. The maximum absolute atomic E-state index is 14.9. The largest absolute Gasteiger partial charge is 0.335 e. The van der Waals surface area contributed by atoms with Crippen molar-refractivity contribution in [1.29, 1.82) is 0 Å². The molecular weight excluding hydrogens is 490 g/mol. The summed E-state index contributed by atoms with van der Waals surface area (Å²) in [4.78, 5) is 31.7. The van der Waals surface area contributed by atoms with Crippen molar-refractivity contribution in [3.8, 4) is 11.3 Å². The lowest BCUT2D eigenvalue weighted by molar-refractivity contribution is 0.0673. The van der Waals surface area contributed by atoms with Gasteiger partial charge in [-0.1, -0.05) is 0 Å². The van der Waals surface area contributed by atoms with Crippen LogP contribution >= 0.6 is 0 Å². The van der Waals surface area contributed by atoms with Crippen molar-refractivity contribution < 1.29 is 13.6 Å². The Bertz CT molecular complexity index is 1490. The number of pyridine rings is 1. The zero-order valence-corrected chi connectivity index (χ0v) is 22.0. The Morgan fingerprint density at radius 3 is 2.45 bits per heavy atom. The molecule has 0 unspecified atom stereocenters. The van der Waals surface area contributed by atoms with Gasteiger partial charge in [-0.15, -0.1) is 0 Å². The highest BCUT2D eigenvalue weighted by Gasteiger charge is 2.26. The van der Waals surface area contributed by atoms with Gasteiger partial charge in [-0.3, -0.25) is 4.79 Å². The molecule has 11 heteroatoms. The first-order valence-corrected chi connectivity index (χ1v) is 12.6. The number of rotatable bonds is 5. The van der Waals surface area contributed by atoms with Crippen molar-refractivity contribution in [2.75, 3.05) is 18.4 Å². The van der Waals surface area contributed by atoms with Crippen LogP contribution in [-0.2, 0) is 0 Å². The summed E-state index contributed by atoms with van der Waals surface area (Å²) in [5.41, 5.74) is 1.49. The van der Waals surface area contributed by atoms with E-state index >= 15 is 0 Å². The SMILES string of the molecule is Cc1nc2c(F)cc(-c3nc(Nc4ccc(C(=O)N5C[C@@H](C)N[C@@H](C)C5)cn4)ncc3F)cc2n1C(C)C. The lowest BCUT2D eigenvalue weighted by Crippen LogP contribution is -2.55. The fourth-order valence-electron chi connectivity index (χ4n) is 5.07. The molecule has 5 rings (SSSR count). The number of benzene rings is 1. The Hall–Kier alpha value is -3.99. The maximum atomic E-state index is 14.9. The van der Waals surface area contributed by atoms with E-state index in [0.29, 0.717) is 35.8 Å². The number of carbonyl (C=O) groups excluding carboxylic acids is 1. The van der Waals surface area contributed by atoms with Gasteiger partial charge >= 0.3 is 0 Å². The maximum Gasteiger partial charge on any atom is 0.255 e. The van der Waals surface area contributed by atoms with Crippen LogP contribution in [0.2, 0.25) is 0 Å². The number of amides is 1. The number of carbonyl (C=O) groups is 1. The molecule has 0 spiro atoms. The van der Waals surface area contributed by atoms with Gasteiger partial charge in [0.05, 0.1) is 17.3 Å². The molecule has 4 aromatic rings. The standard InChI is InChI=1S/C27H30F2N8O/c1-14(2)37-17(5)33-25-20(28)8-19(9-22(25)37)24-21(29)11-31-27(35-24)34-23-7-6-18(10-30-23)26(38)36-12-15(3)32-16(4)13-36/h6-11,14-16,32H,12-13H2,1-5H3,(H,30,31,34,35)/t15-,16+. The average molecular weight is 521 g/mol. The fraction of sp³-hybridized carbons (Fsp3) is 0.370. The zero-order chi connectivity index (χ0) is 27.1. The van der Waals surface area contributed by atoms with Gasteiger partial charge in [0.2, 0.25) is 5.95 Å². The number of hydrogen-bond donors (Lipinski definition) is 2. The third-order valence-electron chi connectivity index (χ3n) is 6.55. The number of piperazine rings is 1. The number of aryl methyl sites for hydroxylation is 1. The molecule has 1 aromatic carbocycles. The second-order valence-electron chi connectivity index (χ2n) is 10.1. The predicted molar refractivity (Wildman–Crippen MR) is 141 cm³/mol. The van der Waals surface area contributed by atoms with Crippen LogP contribution in [0.5, 0.6) is 0 Å². The number of halogens is 2. The molecule has 2 atom stereocenters. The van der Waals surface area contributed by atoms with Crippen LogP contribution in [-0.4, -0.2) is 60.5 Å². The highest BCUT2D eigenvalue weighted by atomic mass is 19.1. The molecule has 1 aliphatic rings. The molecule has 1 aliphatic heterocycles. The summed E-state index contributed by atoms with van der Waals surface area (Å²) in [5, 5.41) is 6.35. The first kappa shape index (κ1) is 25.7. The molecular formula is C27H30F2N8O. The first-order chi connectivity index (χ1) is 18.1. The van der Waals surface area contributed by atoms with Crippen molar-refractivity contribution >= 4 is 28.7 Å². The van der Waals surface area contributed by atoms with Crippen LogP contribution in [0.3, 0.4) is 0 Å². The molecule has 0 bridgehead atoms. The van der Waals surface area contributed by atoms with Gasteiger partial charge < -0.3 is 20.1 Å². The Balaban J connectivity index is 1.39. The lowest BCUT2D eigenvalue weighted by Gasteiger charge is -2.36. The molecule has 1 fully saturated rings. The van der Waals surface area contributed by atoms with E-state index in [-0.39, 0.29) is 46.8 Å². The van der Waals surface area contributed by atoms with E-state index in [0.717, 1.165) is 6.20 Å². The molecule has 1 saturated heterocycles. The second-order valence-corrected chi connectivity index (χ2v) is 10.1. The first-order valence-electron chi connectivity index (χ1n) is 12.6. The number of aromatic nitrogens is 5. The van der Waals surface area contributed by atoms with Gasteiger partial charge in [0.15, 0.2) is 11.6 Å². The van der Waals surface area contributed by atoms with E-state index in [9.17, 15) is 13.6 Å². The molecule has 0 saturated carbocycles. The predicted octanol–water partition coefficient (Wildman–Crippen LogP) is 4.62. The molecule has 198 valence electrons. The number of hydrogen-bond acceptors (Lipinski definition) is 7. The van der Waals surface area contributed by atoms with Crippen LogP contribution in [0.4, 0.5) is 20.5 Å². The number of nitrogens with one attached hydrogen (secondary N) is 2. The third kappa shape index (κ3) is 4.93. The van der Waals surface area contributed by atoms with Gasteiger partial charge in [0.1, 0.15) is 22.9 Å². The molecule has 0 radical (unpaired) electrons. The fourth-order valence-corrected chi connectivity index (χ4v) is 5.07.